The molecule has 0 aromatic heterocycles. The molecule has 0 bridgehead atoms. The number of sulfonamides is 1. The van der Waals surface area contributed by atoms with Gasteiger partial charge in [-0.25, -0.2) is 17.9 Å². The molecule has 0 saturated carbocycles. The van der Waals surface area contributed by atoms with E-state index in [9.17, 15) is 26.0 Å². The van der Waals surface area contributed by atoms with Gasteiger partial charge in [-0.15, -0.1) is 0 Å². The van der Waals surface area contributed by atoms with E-state index in [1.54, 1.807) is 0 Å². The van der Waals surface area contributed by atoms with Gasteiger partial charge in [-0.05, 0) is 28.1 Å². The highest BCUT2D eigenvalue weighted by molar-refractivity contribution is 9.10. The van der Waals surface area contributed by atoms with Crippen molar-refractivity contribution in [1.82, 2.24) is 0 Å². The molecule has 0 atom stereocenters. The molecule has 0 amide bonds. The molecule has 0 unspecified atom stereocenters. The molecule has 0 radical (unpaired) electrons. The molecule has 16 heavy (non-hydrogen) atoms. The molecule has 0 spiro atoms. The van der Waals surface area contributed by atoms with Crippen LogP contribution >= 0.6 is 15.9 Å². The normalized spacial score (nSPS) is 12.9. The second-order valence-corrected chi connectivity index (χ2v) is 5.07. The van der Waals surface area contributed by atoms with Gasteiger partial charge in [0.15, 0.2) is 0 Å². The molecule has 1 rings (SSSR count). The number of primary sulfonamides is 1. The summed E-state index contributed by atoms with van der Waals surface area (Å²) in [4.78, 5) is -1.21. The van der Waals surface area contributed by atoms with Gasteiger partial charge >= 0.3 is 6.18 Å². The van der Waals surface area contributed by atoms with E-state index in [1.165, 1.54) is 0 Å². The lowest BCUT2D eigenvalue weighted by atomic mass is 10.2. The van der Waals surface area contributed by atoms with Crippen molar-refractivity contribution in [3.63, 3.8) is 0 Å². The van der Waals surface area contributed by atoms with Crippen LogP contribution in [0.15, 0.2) is 21.5 Å². The van der Waals surface area contributed by atoms with Gasteiger partial charge in [0.25, 0.3) is 0 Å². The zero-order valence-corrected chi connectivity index (χ0v) is 9.75. The second kappa shape index (κ2) is 3.97. The van der Waals surface area contributed by atoms with Crippen molar-refractivity contribution >= 4 is 26.0 Å². The van der Waals surface area contributed by atoms with Gasteiger partial charge in [0.2, 0.25) is 10.0 Å². The fourth-order valence-electron chi connectivity index (χ4n) is 1.01. The summed E-state index contributed by atoms with van der Waals surface area (Å²) < 4.78 is 71.0. The van der Waals surface area contributed by atoms with Crippen LogP contribution in [0.5, 0.6) is 0 Å². The van der Waals surface area contributed by atoms with E-state index in [1.807, 2.05) is 0 Å². The van der Waals surface area contributed by atoms with E-state index < -0.39 is 36.9 Å². The number of hydrogen-bond acceptors (Lipinski definition) is 2. The van der Waals surface area contributed by atoms with Gasteiger partial charge < -0.3 is 0 Å². The Morgan fingerprint density at radius 2 is 1.75 bits per heavy atom. The highest BCUT2D eigenvalue weighted by Crippen LogP contribution is 2.38. The Balaban J connectivity index is 3.65. The van der Waals surface area contributed by atoms with Crippen LogP contribution in [0.1, 0.15) is 5.56 Å². The standard InChI is InChI=1S/C7H4BrF4NO2S/c8-5-3(7(10,11)12)1-2-4(9)6(5)16(13,14)15/h1-2H,(H2,13,14,15). The van der Waals surface area contributed by atoms with E-state index in [4.69, 9.17) is 0 Å². The van der Waals surface area contributed by atoms with E-state index >= 15 is 0 Å². The van der Waals surface area contributed by atoms with Crippen LogP contribution in [0.3, 0.4) is 0 Å². The summed E-state index contributed by atoms with van der Waals surface area (Å²) in [5.74, 6) is -1.35. The summed E-state index contributed by atoms with van der Waals surface area (Å²) in [5, 5.41) is 4.61. The summed E-state index contributed by atoms with van der Waals surface area (Å²) in [7, 11) is -4.57. The Morgan fingerprint density at radius 3 is 2.12 bits per heavy atom. The summed E-state index contributed by atoms with van der Waals surface area (Å²) in [6, 6.07) is 0.821. The maximum Gasteiger partial charge on any atom is 0.417 e. The van der Waals surface area contributed by atoms with Crippen molar-refractivity contribution in [3.05, 3.63) is 28.0 Å². The predicted octanol–water partition coefficient (Wildman–Crippen LogP) is 2.25. The number of benzene rings is 1. The van der Waals surface area contributed by atoms with Gasteiger partial charge in [0.05, 0.1) is 10.0 Å². The summed E-state index contributed by atoms with van der Waals surface area (Å²) >= 11 is 2.38. The predicted molar refractivity (Wildman–Crippen MR) is 50.5 cm³/mol. The third kappa shape index (κ3) is 2.53. The minimum absolute atomic E-state index is 0.396. The van der Waals surface area contributed by atoms with Gasteiger partial charge in [0, 0.05) is 0 Å². The quantitative estimate of drug-likeness (QED) is 0.806. The largest absolute Gasteiger partial charge is 0.417 e. The Bertz CT molecular complexity index is 526. The maximum atomic E-state index is 13.1. The molecule has 1 aromatic rings. The van der Waals surface area contributed by atoms with Crippen LogP contribution in [0.25, 0.3) is 0 Å². The Hall–Kier alpha value is -0.670. The maximum absolute atomic E-state index is 13.1. The molecule has 2 N–H and O–H groups in total. The van der Waals surface area contributed by atoms with Gasteiger partial charge in [-0.3, -0.25) is 0 Å². The third-order valence-electron chi connectivity index (χ3n) is 1.64. The number of rotatable bonds is 1. The molecule has 0 fully saturated rings. The SMILES string of the molecule is NS(=O)(=O)c1c(F)ccc(C(F)(F)F)c1Br. The summed E-state index contributed by atoms with van der Waals surface area (Å²) in [5.41, 5.74) is -1.31. The Morgan fingerprint density at radius 1 is 1.25 bits per heavy atom. The van der Waals surface area contributed by atoms with Crippen LogP contribution in [0, 0.1) is 5.82 Å². The highest BCUT2D eigenvalue weighted by atomic mass is 79.9. The monoisotopic (exact) mass is 321 g/mol. The fourth-order valence-corrected chi connectivity index (χ4v) is 2.94. The molecule has 9 heteroatoms. The lowest BCUT2D eigenvalue weighted by molar-refractivity contribution is -0.138. The van der Waals surface area contributed by atoms with Crippen molar-refractivity contribution in [1.29, 1.82) is 0 Å². The van der Waals surface area contributed by atoms with Crippen LogP contribution in [-0.2, 0) is 16.2 Å². The van der Waals surface area contributed by atoms with E-state index in [2.05, 4.69) is 21.1 Å². The molecule has 0 aliphatic carbocycles. The van der Waals surface area contributed by atoms with Gasteiger partial charge in [-0.1, -0.05) is 0 Å². The number of halogens is 5. The molecule has 3 nitrogen and oxygen atoms in total. The zero-order chi connectivity index (χ0) is 12.7. The molecule has 1 aromatic carbocycles. The van der Waals surface area contributed by atoms with Crippen LogP contribution in [0.4, 0.5) is 17.6 Å². The van der Waals surface area contributed by atoms with E-state index in [0.29, 0.717) is 12.1 Å². The lowest BCUT2D eigenvalue weighted by Crippen LogP contribution is -2.17. The summed E-state index contributed by atoms with van der Waals surface area (Å²) in [6.45, 7) is 0. The van der Waals surface area contributed by atoms with E-state index in [-0.39, 0.29) is 0 Å². The van der Waals surface area contributed by atoms with Crippen molar-refractivity contribution in [3.8, 4) is 0 Å². The number of nitrogens with two attached hydrogens (primary N) is 1. The molecular weight excluding hydrogens is 318 g/mol. The average molecular weight is 322 g/mol. The first-order chi connectivity index (χ1) is 7.05. The highest BCUT2D eigenvalue weighted by Gasteiger charge is 2.36. The molecule has 0 heterocycles. The second-order valence-electron chi connectivity index (χ2n) is 2.78. The molecule has 0 saturated heterocycles. The Labute approximate surface area is 96.4 Å². The average Bonchev–Trinajstić information content (AvgIpc) is 1.97. The summed E-state index contributed by atoms with van der Waals surface area (Å²) in [6.07, 6.45) is -4.80. The topological polar surface area (TPSA) is 60.2 Å². The van der Waals surface area contributed by atoms with Gasteiger partial charge in [-0.2, -0.15) is 13.2 Å². The van der Waals surface area contributed by atoms with Crippen molar-refractivity contribution in [2.45, 2.75) is 11.1 Å². The molecule has 0 aliphatic rings. The van der Waals surface area contributed by atoms with Gasteiger partial charge in [0.1, 0.15) is 10.7 Å². The number of alkyl halides is 3. The first kappa shape index (κ1) is 13.4. The van der Waals surface area contributed by atoms with Crippen molar-refractivity contribution < 1.29 is 26.0 Å². The van der Waals surface area contributed by atoms with Crippen LogP contribution in [-0.4, -0.2) is 8.42 Å². The Kier molecular flexibility index (Phi) is 3.32. The smallest absolute Gasteiger partial charge is 0.224 e. The van der Waals surface area contributed by atoms with Crippen LogP contribution in [0.2, 0.25) is 0 Å². The zero-order valence-electron chi connectivity index (χ0n) is 7.35. The third-order valence-corrected chi connectivity index (χ3v) is 3.69. The number of hydrogen-bond donors (Lipinski definition) is 1. The first-order valence-corrected chi connectivity index (χ1v) is 5.97. The fraction of sp³-hybridized carbons (Fsp3) is 0.143. The molecule has 90 valence electrons. The molecular formula is C7H4BrF4NO2S. The van der Waals surface area contributed by atoms with E-state index in [0.717, 1.165) is 0 Å². The van der Waals surface area contributed by atoms with Crippen molar-refractivity contribution in [2.75, 3.05) is 0 Å². The minimum atomic E-state index is -4.80. The van der Waals surface area contributed by atoms with Crippen LogP contribution < -0.4 is 5.14 Å². The molecule has 0 aliphatic heterocycles. The first-order valence-electron chi connectivity index (χ1n) is 3.63. The lowest BCUT2D eigenvalue weighted by Gasteiger charge is -2.11. The minimum Gasteiger partial charge on any atom is -0.224 e. The van der Waals surface area contributed by atoms with Crippen molar-refractivity contribution in [2.24, 2.45) is 5.14 Å².